The van der Waals surface area contributed by atoms with Gasteiger partial charge in [-0.2, -0.15) is 0 Å². The summed E-state index contributed by atoms with van der Waals surface area (Å²) in [7, 11) is 1.77. The van der Waals surface area contributed by atoms with Gasteiger partial charge >= 0.3 is 0 Å². The van der Waals surface area contributed by atoms with Gasteiger partial charge in [0, 0.05) is 16.8 Å². The predicted molar refractivity (Wildman–Crippen MR) is 86.5 cm³/mol. The number of aromatic nitrogens is 1. The van der Waals surface area contributed by atoms with E-state index in [1.807, 2.05) is 0 Å². The Bertz CT molecular complexity index is 786. The van der Waals surface area contributed by atoms with E-state index in [0.29, 0.717) is 0 Å². The first-order valence-corrected chi connectivity index (χ1v) is 7.65. The fourth-order valence-corrected chi connectivity index (χ4v) is 3.60. The van der Waals surface area contributed by atoms with Crippen molar-refractivity contribution in [3.8, 4) is 11.4 Å². The number of ether oxygens (including phenoxy) is 1. The number of methoxy groups -OCH3 is 1. The summed E-state index contributed by atoms with van der Waals surface area (Å²) in [5.41, 5.74) is 5.47. The molecule has 106 valence electrons. The molecule has 0 amide bonds. The molecule has 0 unspecified atom stereocenters. The van der Waals surface area contributed by atoms with Crippen molar-refractivity contribution in [2.24, 2.45) is 0 Å². The zero-order chi connectivity index (χ0) is 14.2. The molecule has 0 saturated heterocycles. The van der Waals surface area contributed by atoms with Gasteiger partial charge in [-0.05, 0) is 55.5 Å². The molecule has 2 nitrogen and oxygen atoms in total. The third kappa shape index (κ3) is 1.86. The van der Waals surface area contributed by atoms with Gasteiger partial charge in [0.05, 0.1) is 12.6 Å². The first-order valence-electron chi connectivity index (χ1n) is 7.65. The highest BCUT2D eigenvalue weighted by Crippen LogP contribution is 2.39. The zero-order valence-corrected chi connectivity index (χ0v) is 12.3. The van der Waals surface area contributed by atoms with Crippen molar-refractivity contribution in [3.63, 3.8) is 0 Å². The van der Waals surface area contributed by atoms with Crippen molar-refractivity contribution in [2.75, 3.05) is 7.11 Å². The molecule has 0 radical (unpaired) electrons. The summed E-state index contributed by atoms with van der Waals surface area (Å²) in [6.07, 6.45) is 4.87. The number of hydrogen-bond donors (Lipinski definition) is 0. The minimum Gasteiger partial charge on any atom is -0.496 e. The maximum absolute atomic E-state index is 5.63. The lowest BCUT2D eigenvalue weighted by molar-refractivity contribution is 0.419. The Labute approximate surface area is 125 Å². The highest BCUT2D eigenvalue weighted by atomic mass is 16.5. The van der Waals surface area contributed by atoms with Crippen LogP contribution in [0.15, 0.2) is 48.5 Å². The van der Waals surface area contributed by atoms with Gasteiger partial charge in [-0.25, -0.2) is 0 Å². The molecule has 0 N–H and O–H groups in total. The highest BCUT2D eigenvalue weighted by molar-refractivity contribution is 5.93. The van der Waals surface area contributed by atoms with Crippen molar-refractivity contribution in [2.45, 2.75) is 25.7 Å². The molecular formula is C19H19NO. The van der Waals surface area contributed by atoms with Crippen molar-refractivity contribution < 1.29 is 4.74 Å². The summed E-state index contributed by atoms with van der Waals surface area (Å²) >= 11 is 0. The molecule has 1 aliphatic rings. The lowest BCUT2D eigenvalue weighted by Gasteiger charge is -2.16. The maximum Gasteiger partial charge on any atom is 0.128 e. The Hall–Kier alpha value is -2.22. The SMILES string of the molecule is COc1cccc2c1c1c(n2-c2ccccc2)CCCC1. The number of rotatable bonds is 2. The monoisotopic (exact) mass is 277 g/mol. The topological polar surface area (TPSA) is 14.2 Å². The van der Waals surface area contributed by atoms with Gasteiger partial charge in [0.15, 0.2) is 0 Å². The largest absolute Gasteiger partial charge is 0.496 e. The normalized spacial score (nSPS) is 14.1. The Kier molecular flexibility index (Phi) is 2.95. The smallest absolute Gasteiger partial charge is 0.128 e. The molecule has 3 aromatic rings. The van der Waals surface area contributed by atoms with E-state index >= 15 is 0 Å². The molecule has 0 saturated carbocycles. The molecule has 1 heterocycles. The van der Waals surface area contributed by atoms with Gasteiger partial charge in [-0.15, -0.1) is 0 Å². The van der Waals surface area contributed by atoms with Crippen LogP contribution in [0.25, 0.3) is 16.6 Å². The van der Waals surface area contributed by atoms with E-state index in [1.54, 1.807) is 7.11 Å². The van der Waals surface area contributed by atoms with Gasteiger partial charge < -0.3 is 9.30 Å². The molecule has 4 rings (SSSR count). The van der Waals surface area contributed by atoms with Crippen LogP contribution >= 0.6 is 0 Å². The van der Waals surface area contributed by atoms with Crippen LogP contribution in [-0.2, 0) is 12.8 Å². The van der Waals surface area contributed by atoms with Gasteiger partial charge in [-0.3, -0.25) is 0 Å². The first kappa shape index (κ1) is 12.5. The predicted octanol–water partition coefficient (Wildman–Crippen LogP) is 4.52. The van der Waals surface area contributed by atoms with Crippen molar-refractivity contribution in [1.82, 2.24) is 4.57 Å². The molecular weight excluding hydrogens is 258 g/mol. The summed E-state index contributed by atoms with van der Waals surface area (Å²) in [5, 5.41) is 1.30. The Morgan fingerprint density at radius 3 is 2.52 bits per heavy atom. The molecule has 0 spiro atoms. The van der Waals surface area contributed by atoms with E-state index in [-0.39, 0.29) is 0 Å². The fraction of sp³-hybridized carbons (Fsp3) is 0.263. The number of para-hydroxylation sites is 1. The van der Waals surface area contributed by atoms with E-state index in [1.165, 1.54) is 40.7 Å². The third-order valence-corrected chi connectivity index (χ3v) is 4.49. The van der Waals surface area contributed by atoms with E-state index in [4.69, 9.17) is 4.74 Å². The average molecular weight is 277 g/mol. The van der Waals surface area contributed by atoms with Crippen LogP contribution in [0.3, 0.4) is 0 Å². The van der Waals surface area contributed by atoms with Gasteiger partial charge in [-0.1, -0.05) is 24.3 Å². The molecule has 1 aliphatic carbocycles. The lowest BCUT2D eigenvalue weighted by atomic mass is 9.95. The van der Waals surface area contributed by atoms with Crippen molar-refractivity contribution >= 4 is 10.9 Å². The van der Waals surface area contributed by atoms with Crippen molar-refractivity contribution in [3.05, 3.63) is 59.8 Å². The molecule has 0 bridgehead atoms. The second-order valence-corrected chi connectivity index (χ2v) is 5.66. The van der Waals surface area contributed by atoms with E-state index < -0.39 is 0 Å². The summed E-state index contributed by atoms with van der Waals surface area (Å²) < 4.78 is 8.05. The molecule has 0 fully saturated rings. The van der Waals surface area contributed by atoms with Crippen LogP contribution in [0.4, 0.5) is 0 Å². The van der Waals surface area contributed by atoms with Gasteiger partial charge in [0.25, 0.3) is 0 Å². The molecule has 0 atom stereocenters. The van der Waals surface area contributed by atoms with Gasteiger partial charge in [0.2, 0.25) is 0 Å². The zero-order valence-electron chi connectivity index (χ0n) is 12.3. The number of fused-ring (bicyclic) bond motifs is 3. The Balaban J connectivity index is 2.11. The van der Waals surface area contributed by atoms with Crippen LogP contribution in [0.2, 0.25) is 0 Å². The van der Waals surface area contributed by atoms with E-state index in [0.717, 1.165) is 18.6 Å². The maximum atomic E-state index is 5.63. The average Bonchev–Trinajstić information content (AvgIpc) is 2.90. The molecule has 0 aliphatic heterocycles. The second kappa shape index (κ2) is 4.96. The van der Waals surface area contributed by atoms with Crippen molar-refractivity contribution in [1.29, 1.82) is 0 Å². The minimum atomic E-state index is 1.00. The molecule has 2 heteroatoms. The van der Waals surface area contributed by atoms with Crippen LogP contribution in [-0.4, -0.2) is 11.7 Å². The molecule has 1 aromatic heterocycles. The minimum absolute atomic E-state index is 1.00. The van der Waals surface area contributed by atoms with E-state index in [2.05, 4.69) is 53.1 Å². The highest BCUT2D eigenvalue weighted by Gasteiger charge is 2.22. The number of aryl methyl sites for hydroxylation is 1. The van der Waals surface area contributed by atoms with Crippen LogP contribution in [0.5, 0.6) is 5.75 Å². The Morgan fingerprint density at radius 1 is 0.905 bits per heavy atom. The molecule has 21 heavy (non-hydrogen) atoms. The van der Waals surface area contributed by atoms with Gasteiger partial charge in [0.1, 0.15) is 5.75 Å². The summed E-state index contributed by atoms with van der Waals surface area (Å²) in [6, 6.07) is 17.0. The fourth-order valence-electron chi connectivity index (χ4n) is 3.60. The standard InChI is InChI=1S/C19H19NO/c1-21-18-13-7-12-17-19(18)15-10-5-6-11-16(15)20(17)14-8-3-2-4-9-14/h2-4,7-9,12-13H,5-6,10-11H2,1H3. The summed E-state index contributed by atoms with van der Waals surface area (Å²) in [6.45, 7) is 0. The van der Waals surface area contributed by atoms with Crippen LogP contribution in [0, 0.1) is 0 Å². The Morgan fingerprint density at radius 2 is 1.71 bits per heavy atom. The van der Waals surface area contributed by atoms with Crippen LogP contribution < -0.4 is 4.74 Å². The quantitative estimate of drug-likeness (QED) is 0.672. The summed E-state index contributed by atoms with van der Waals surface area (Å²) in [5.74, 6) is 1.00. The van der Waals surface area contributed by atoms with Crippen LogP contribution in [0.1, 0.15) is 24.1 Å². The lowest BCUT2D eigenvalue weighted by Crippen LogP contribution is -2.06. The molecule has 2 aromatic carbocycles. The second-order valence-electron chi connectivity index (χ2n) is 5.66. The number of hydrogen-bond acceptors (Lipinski definition) is 1. The van der Waals surface area contributed by atoms with E-state index in [9.17, 15) is 0 Å². The third-order valence-electron chi connectivity index (χ3n) is 4.49. The first-order chi connectivity index (χ1) is 10.4. The summed E-state index contributed by atoms with van der Waals surface area (Å²) in [4.78, 5) is 0. The number of nitrogens with zero attached hydrogens (tertiary/aromatic N) is 1. The number of benzene rings is 2.